The molecule has 1 aromatic heterocycles. The largest absolute Gasteiger partial charge is 0.389 e. The van der Waals surface area contributed by atoms with Crippen LogP contribution in [0, 0.1) is 0 Å². The Morgan fingerprint density at radius 2 is 2.24 bits per heavy atom. The average molecular weight is 295 g/mol. The van der Waals surface area contributed by atoms with Gasteiger partial charge in [0.25, 0.3) is 0 Å². The molecule has 1 aromatic rings. The number of hydrogen-bond acceptors (Lipinski definition) is 4. The van der Waals surface area contributed by atoms with E-state index in [0.717, 1.165) is 32.2 Å². The van der Waals surface area contributed by atoms with Gasteiger partial charge in [-0.25, -0.2) is 0 Å². The Morgan fingerprint density at radius 3 is 2.95 bits per heavy atom. The number of amides is 1. The molecule has 0 radical (unpaired) electrons. The van der Waals surface area contributed by atoms with Gasteiger partial charge in [-0.15, -0.1) is 0 Å². The van der Waals surface area contributed by atoms with Crippen molar-refractivity contribution in [2.24, 2.45) is 0 Å². The monoisotopic (exact) mass is 295 g/mol. The SMILES string of the molecule is COCCCn1ccc(NC(=O)CC2(O)CCCCC2)n1. The summed E-state index contributed by atoms with van der Waals surface area (Å²) in [6.07, 6.45) is 7.44. The predicted molar refractivity (Wildman–Crippen MR) is 80.0 cm³/mol. The molecule has 0 saturated heterocycles. The van der Waals surface area contributed by atoms with Crippen LogP contribution in [-0.2, 0) is 16.1 Å². The molecule has 0 unspecified atom stereocenters. The van der Waals surface area contributed by atoms with Gasteiger partial charge in [0, 0.05) is 32.5 Å². The molecule has 2 rings (SSSR count). The van der Waals surface area contributed by atoms with Crippen molar-refractivity contribution in [3.8, 4) is 0 Å². The summed E-state index contributed by atoms with van der Waals surface area (Å²) >= 11 is 0. The van der Waals surface area contributed by atoms with Crippen molar-refractivity contribution in [3.05, 3.63) is 12.3 Å². The van der Waals surface area contributed by atoms with Gasteiger partial charge >= 0.3 is 0 Å². The molecule has 0 aliphatic heterocycles. The molecular formula is C15H25N3O3. The number of rotatable bonds is 7. The Kier molecular flexibility index (Phi) is 5.76. The fourth-order valence-corrected chi connectivity index (χ4v) is 2.80. The number of hydrogen-bond donors (Lipinski definition) is 2. The molecule has 118 valence electrons. The maximum Gasteiger partial charge on any atom is 0.228 e. The van der Waals surface area contributed by atoms with Crippen LogP contribution < -0.4 is 5.32 Å². The first-order chi connectivity index (χ1) is 10.1. The molecule has 0 aromatic carbocycles. The highest BCUT2D eigenvalue weighted by Crippen LogP contribution is 2.30. The van der Waals surface area contributed by atoms with Gasteiger partial charge in [-0.2, -0.15) is 5.10 Å². The van der Waals surface area contributed by atoms with Crippen LogP contribution in [0.15, 0.2) is 12.3 Å². The van der Waals surface area contributed by atoms with Crippen molar-refractivity contribution in [1.29, 1.82) is 0 Å². The van der Waals surface area contributed by atoms with Gasteiger partial charge < -0.3 is 15.2 Å². The fourth-order valence-electron chi connectivity index (χ4n) is 2.80. The molecule has 21 heavy (non-hydrogen) atoms. The second kappa shape index (κ2) is 7.56. The second-order valence-electron chi connectivity index (χ2n) is 5.82. The van der Waals surface area contributed by atoms with Crippen LogP contribution >= 0.6 is 0 Å². The molecular weight excluding hydrogens is 270 g/mol. The summed E-state index contributed by atoms with van der Waals surface area (Å²) in [7, 11) is 1.67. The van der Waals surface area contributed by atoms with E-state index in [1.165, 1.54) is 0 Å². The van der Waals surface area contributed by atoms with Crippen molar-refractivity contribution in [3.63, 3.8) is 0 Å². The molecule has 6 heteroatoms. The summed E-state index contributed by atoms with van der Waals surface area (Å²) < 4.78 is 6.77. The van der Waals surface area contributed by atoms with Crippen molar-refractivity contribution in [2.75, 3.05) is 19.0 Å². The molecule has 0 atom stereocenters. The molecule has 1 amide bonds. The van der Waals surface area contributed by atoms with E-state index in [-0.39, 0.29) is 12.3 Å². The molecule has 1 heterocycles. The summed E-state index contributed by atoms with van der Waals surface area (Å²) in [5.41, 5.74) is -0.830. The third-order valence-corrected chi connectivity index (χ3v) is 3.92. The van der Waals surface area contributed by atoms with Crippen LogP contribution in [0.3, 0.4) is 0 Å². The third kappa shape index (κ3) is 5.13. The second-order valence-corrected chi connectivity index (χ2v) is 5.82. The number of methoxy groups -OCH3 is 1. The summed E-state index contributed by atoms with van der Waals surface area (Å²) in [5, 5.41) is 17.4. The minimum atomic E-state index is -0.830. The Hall–Kier alpha value is -1.40. The van der Waals surface area contributed by atoms with Crippen molar-refractivity contribution < 1.29 is 14.6 Å². The zero-order valence-corrected chi connectivity index (χ0v) is 12.7. The van der Waals surface area contributed by atoms with Crippen molar-refractivity contribution >= 4 is 11.7 Å². The molecule has 0 bridgehead atoms. The highest BCUT2D eigenvalue weighted by molar-refractivity contribution is 5.90. The molecule has 6 nitrogen and oxygen atoms in total. The highest BCUT2D eigenvalue weighted by atomic mass is 16.5. The summed E-state index contributed by atoms with van der Waals surface area (Å²) in [4.78, 5) is 12.0. The number of aromatic nitrogens is 2. The van der Waals surface area contributed by atoms with Gasteiger partial charge in [0.1, 0.15) is 0 Å². The number of nitrogens with one attached hydrogen (secondary N) is 1. The van der Waals surface area contributed by atoms with Gasteiger partial charge in [0.2, 0.25) is 5.91 Å². The number of nitrogens with zero attached hydrogens (tertiary/aromatic N) is 2. The fraction of sp³-hybridized carbons (Fsp3) is 0.733. The van der Waals surface area contributed by atoms with Crippen LogP contribution in [0.5, 0.6) is 0 Å². The van der Waals surface area contributed by atoms with E-state index in [1.807, 2.05) is 6.20 Å². The van der Waals surface area contributed by atoms with E-state index in [0.29, 0.717) is 25.3 Å². The first-order valence-corrected chi connectivity index (χ1v) is 7.66. The average Bonchev–Trinajstić information content (AvgIpc) is 2.86. The molecule has 1 saturated carbocycles. The molecule has 1 aliphatic carbocycles. The topological polar surface area (TPSA) is 76.4 Å². The lowest BCUT2D eigenvalue weighted by molar-refractivity contribution is -0.122. The zero-order valence-electron chi connectivity index (χ0n) is 12.7. The first-order valence-electron chi connectivity index (χ1n) is 7.66. The first kappa shape index (κ1) is 16.0. The van der Waals surface area contributed by atoms with E-state index in [4.69, 9.17) is 4.74 Å². The number of ether oxygens (including phenoxy) is 1. The van der Waals surface area contributed by atoms with Gasteiger partial charge in [-0.1, -0.05) is 19.3 Å². The van der Waals surface area contributed by atoms with E-state index in [2.05, 4.69) is 10.4 Å². The third-order valence-electron chi connectivity index (χ3n) is 3.92. The van der Waals surface area contributed by atoms with Crippen LogP contribution in [0.25, 0.3) is 0 Å². The van der Waals surface area contributed by atoms with Crippen LogP contribution in [-0.4, -0.2) is 40.1 Å². The Bertz CT molecular complexity index is 453. The lowest BCUT2D eigenvalue weighted by Gasteiger charge is -2.31. The number of carbonyl (C=O) groups is 1. The van der Waals surface area contributed by atoms with Gasteiger partial charge in [-0.05, 0) is 19.3 Å². The van der Waals surface area contributed by atoms with E-state index in [1.54, 1.807) is 17.9 Å². The molecule has 0 spiro atoms. The molecule has 1 aliphatic rings. The van der Waals surface area contributed by atoms with Crippen molar-refractivity contribution in [2.45, 2.75) is 57.1 Å². The van der Waals surface area contributed by atoms with Crippen LogP contribution in [0.1, 0.15) is 44.9 Å². The lowest BCUT2D eigenvalue weighted by Crippen LogP contribution is -2.35. The van der Waals surface area contributed by atoms with Crippen LogP contribution in [0.4, 0.5) is 5.82 Å². The predicted octanol–water partition coefficient (Wildman–Crippen LogP) is 1.94. The van der Waals surface area contributed by atoms with E-state index >= 15 is 0 Å². The Labute approximate surface area is 125 Å². The zero-order chi connectivity index (χ0) is 15.1. The smallest absolute Gasteiger partial charge is 0.228 e. The normalized spacial score (nSPS) is 17.6. The van der Waals surface area contributed by atoms with Gasteiger partial charge in [0.15, 0.2) is 5.82 Å². The number of anilines is 1. The minimum Gasteiger partial charge on any atom is -0.389 e. The Balaban J connectivity index is 1.79. The quantitative estimate of drug-likeness (QED) is 0.754. The van der Waals surface area contributed by atoms with Gasteiger partial charge in [0.05, 0.1) is 12.0 Å². The van der Waals surface area contributed by atoms with Gasteiger partial charge in [-0.3, -0.25) is 9.48 Å². The summed E-state index contributed by atoms with van der Waals surface area (Å²) in [5.74, 6) is 0.373. The van der Waals surface area contributed by atoms with E-state index in [9.17, 15) is 9.90 Å². The summed E-state index contributed by atoms with van der Waals surface area (Å²) in [6, 6.07) is 1.77. The number of aliphatic hydroxyl groups is 1. The lowest BCUT2D eigenvalue weighted by atomic mass is 9.82. The minimum absolute atomic E-state index is 0.156. The van der Waals surface area contributed by atoms with E-state index < -0.39 is 5.60 Å². The van der Waals surface area contributed by atoms with Crippen molar-refractivity contribution in [1.82, 2.24) is 9.78 Å². The van der Waals surface area contributed by atoms with Crippen LogP contribution in [0.2, 0.25) is 0 Å². The standard InChI is InChI=1S/C15H25N3O3/c1-21-11-5-9-18-10-6-13(17-18)16-14(19)12-15(20)7-3-2-4-8-15/h6,10,20H,2-5,7-9,11-12H2,1H3,(H,16,17,19). The highest BCUT2D eigenvalue weighted by Gasteiger charge is 2.31. The number of carbonyl (C=O) groups excluding carboxylic acids is 1. The maximum absolute atomic E-state index is 12.0. The molecule has 1 fully saturated rings. The molecule has 2 N–H and O–H groups in total. The maximum atomic E-state index is 12.0. The Morgan fingerprint density at radius 1 is 1.48 bits per heavy atom. The summed E-state index contributed by atoms with van der Waals surface area (Å²) in [6.45, 7) is 1.45. The number of aryl methyl sites for hydroxylation is 1.